The van der Waals surface area contributed by atoms with Crippen LogP contribution in [-0.4, -0.2) is 27.9 Å². The third-order valence-corrected chi connectivity index (χ3v) is 4.67. The fraction of sp³-hybridized carbons (Fsp3) is 0.417. The normalized spacial score (nSPS) is 11.7. The monoisotopic (exact) mass is 338 g/mol. The largest absolute Gasteiger partial charge is 0.355 e. The molecule has 0 aromatic heterocycles. The Balaban J connectivity index is 3.27. The summed E-state index contributed by atoms with van der Waals surface area (Å²) < 4.78 is 26.8. The van der Waals surface area contributed by atoms with Gasteiger partial charge in [0, 0.05) is 13.6 Å². The number of amides is 1. The number of nitrogens with one attached hydrogen (secondary N) is 2. The van der Waals surface area contributed by atoms with Crippen LogP contribution in [-0.2, 0) is 10.0 Å². The maximum Gasteiger partial charge on any atom is 0.252 e. The van der Waals surface area contributed by atoms with Crippen LogP contribution in [0.15, 0.2) is 17.0 Å². The smallest absolute Gasteiger partial charge is 0.252 e. The standard InChI is InChI=1S/C12H16Cl2N2O3S/c1-7(2)6-16-20(18,19)11-4-8(12(17)15-3)9(13)5-10(11)14/h4-5,7,16H,6H2,1-3H3,(H,15,17). The topological polar surface area (TPSA) is 75.3 Å². The van der Waals surface area contributed by atoms with Crippen molar-refractivity contribution in [3.05, 3.63) is 27.7 Å². The number of carbonyl (C=O) groups excluding carboxylic acids is 1. The van der Waals surface area contributed by atoms with Gasteiger partial charge >= 0.3 is 0 Å². The van der Waals surface area contributed by atoms with Crippen molar-refractivity contribution in [1.82, 2.24) is 10.0 Å². The summed E-state index contributed by atoms with van der Waals surface area (Å²) >= 11 is 11.8. The molecule has 5 nitrogen and oxygen atoms in total. The molecule has 1 aromatic rings. The van der Waals surface area contributed by atoms with Gasteiger partial charge in [-0.1, -0.05) is 37.0 Å². The number of sulfonamides is 1. The van der Waals surface area contributed by atoms with Crippen molar-refractivity contribution in [2.75, 3.05) is 13.6 Å². The highest BCUT2D eigenvalue weighted by molar-refractivity contribution is 7.89. The molecule has 0 radical (unpaired) electrons. The second-order valence-electron chi connectivity index (χ2n) is 4.59. The quantitative estimate of drug-likeness (QED) is 0.864. The first-order chi connectivity index (χ1) is 9.19. The molecule has 8 heteroatoms. The SMILES string of the molecule is CNC(=O)c1cc(S(=O)(=O)NCC(C)C)c(Cl)cc1Cl. The predicted octanol–water partition coefficient (Wildman–Crippen LogP) is 2.29. The summed E-state index contributed by atoms with van der Waals surface area (Å²) in [6.07, 6.45) is 0. The summed E-state index contributed by atoms with van der Waals surface area (Å²) in [5.74, 6) is -0.332. The first-order valence-electron chi connectivity index (χ1n) is 5.89. The molecular weight excluding hydrogens is 323 g/mol. The summed E-state index contributed by atoms with van der Waals surface area (Å²) in [5, 5.41) is 2.45. The lowest BCUT2D eigenvalue weighted by atomic mass is 10.2. The van der Waals surface area contributed by atoms with Gasteiger partial charge in [-0.05, 0) is 18.1 Å². The zero-order valence-corrected chi connectivity index (χ0v) is 13.7. The van der Waals surface area contributed by atoms with Crippen molar-refractivity contribution >= 4 is 39.1 Å². The third-order valence-electron chi connectivity index (χ3n) is 2.46. The van der Waals surface area contributed by atoms with E-state index in [1.54, 1.807) is 0 Å². The van der Waals surface area contributed by atoms with E-state index < -0.39 is 15.9 Å². The van der Waals surface area contributed by atoms with Crippen LogP contribution in [0, 0.1) is 5.92 Å². The number of hydrogen-bond acceptors (Lipinski definition) is 3. The number of hydrogen-bond donors (Lipinski definition) is 2. The zero-order valence-electron chi connectivity index (χ0n) is 11.3. The van der Waals surface area contributed by atoms with Crippen LogP contribution in [0.3, 0.4) is 0 Å². The Morgan fingerprint density at radius 3 is 2.35 bits per heavy atom. The lowest BCUT2D eigenvalue weighted by Crippen LogP contribution is -2.28. The van der Waals surface area contributed by atoms with Gasteiger partial charge in [-0.2, -0.15) is 0 Å². The molecule has 1 rings (SSSR count). The fourth-order valence-electron chi connectivity index (χ4n) is 1.40. The van der Waals surface area contributed by atoms with E-state index in [0.717, 1.165) is 0 Å². The van der Waals surface area contributed by atoms with E-state index in [-0.39, 0.29) is 33.0 Å². The van der Waals surface area contributed by atoms with Gasteiger partial charge in [-0.3, -0.25) is 4.79 Å². The molecule has 0 saturated heterocycles. The molecule has 0 heterocycles. The van der Waals surface area contributed by atoms with Gasteiger partial charge < -0.3 is 5.32 Å². The molecular formula is C12H16Cl2N2O3S. The number of carbonyl (C=O) groups is 1. The molecule has 0 aliphatic carbocycles. The van der Waals surface area contributed by atoms with E-state index in [4.69, 9.17) is 23.2 Å². The molecule has 1 aromatic carbocycles. The van der Waals surface area contributed by atoms with Crippen molar-refractivity contribution in [2.45, 2.75) is 18.7 Å². The van der Waals surface area contributed by atoms with Crippen molar-refractivity contribution < 1.29 is 13.2 Å². The Labute approximate surface area is 128 Å². The second-order valence-corrected chi connectivity index (χ2v) is 7.14. The molecule has 0 fully saturated rings. The molecule has 1 amide bonds. The fourth-order valence-corrected chi connectivity index (χ4v) is 3.47. The first kappa shape index (κ1) is 17.2. The summed E-state index contributed by atoms with van der Waals surface area (Å²) in [6.45, 7) is 4.03. The van der Waals surface area contributed by atoms with E-state index in [2.05, 4.69) is 10.0 Å². The van der Waals surface area contributed by atoms with Crippen molar-refractivity contribution in [3.8, 4) is 0 Å². The van der Waals surface area contributed by atoms with E-state index in [0.29, 0.717) is 0 Å². The molecule has 0 bridgehead atoms. The van der Waals surface area contributed by atoms with Gasteiger partial charge in [0.05, 0.1) is 15.6 Å². The molecule has 0 atom stereocenters. The molecule has 20 heavy (non-hydrogen) atoms. The Hall–Kier alpha value is -0.820. The van der Waals surface area contributed by atoms with Gasteiger partial charge in [-0.25, -0.2) is 13.1 Å². The molecule has 0 saturated carbocycles. The van der Waals surface area contributed by atoms with Crippen LogP contribution in [0.4, 0.5) is 0 Å². The predicted molar refractivity (Wildman–Crippen MR) is 79.9 cm³/mol. The van der Waals surface area contributed by atoms with Crippen molar-refractivity contribution in [1.29, 1.82) is 0 Å². The summed E-state index contributed by atoms with van der Waals surface area (Å²) in [4.78, 5) is 11.5. The number of benzene rings is 1. The van der Waals surface area contributed by atoms with Crippen LogP contribution in [0.2, 0.25) is 10.0 Å². The van der Waals surface area contributed by atoms with E-state index in [1.807, 2.05) is 13.8 Å². The Morgan fingerprint density at radius 1 is 1.25 bits per heavy atom. The maximum absolute atomic E-state index is 12.2. The Bertz CT molecular complexity index is 615. The number of rotatable bonds is 5. The van der Waals surface area contributed by atoms with Crippen LogP contribution >= 0.6 is 23.2 Å². The summed E-state index contributed by atoms with van der Waals surface area (Å²) in [6, 6.07) is 2.42. The highest BCUT2D eigenvalue weighted by Crippen LogP contribution is 2.28. The molecule has 0 aliphatic heterocycles. The zero-order chi connectivity index (χ0) is 15.5. The van der Waals surface area contributed by atoms with Crippen LogP contribution in [0.5, 0.6) is 0 Å². The Kier molecular flexibility index (Phi) is 5.82. The molecule has 0 spiro atoms. The average molecular weight is 339 g/mol. The average Bonchev–Trinajstić information content (AvgIpc) is 2.35. The van der Waals surface area contributed by atoms with Gasteiger partial charge in [0.15, 0.2) is 0 Å². The van der Waals surface area contributed by atoms with Crippen molar-refractivity contribution in [2.24, 2.45) is 5.92 Å². The number of halogens is 2. The Morgan fingerprint density at radius 2 is 1.85 bits per heavy atom. The van der Waals surface area contributed by atoms with Crippen LogP contribution in [0.1, 0.15) is 24.2 Å². The minimum absolute atomic E-state index is 0.0288. The lowest BCUT2D eigenvalue weighted by Gasteiger charge is -2.12. The third kappa shape index (κ3) is 4.09. The van der Waals surface area contributed by atoms with Crippen LogP contribution < -0.4 is 10.0 Å². The summed E-state index contributed by atoms with van der Waals surface area (Å²) in [7, 11) is -2.36. The molecule has 0 aliphatic rings. The van der Waals surface area contributed by atoms with E-state index in [1.165, 1.54) is 19.2 Å². The van der Waals surface area contributed by atoms with Gasteiger partial charge in [0.2, 0.25) is 10.0 Å². The lowest BCUT2D eigenvalue weighted by molar-refractivity contribution is 0.0963. The van der Waals surface area contributed by atoms with Gasteiger partial charge in [-0.15, -0.1) is 0 Å². The molecule has 2 N–H and O–H groups in total. The highest BCUT2D eigenvalue weighted by Gasteiger charge is 2.22. The first-order valence-corrected chi connectivity index (χ1v) is 8.13. The van der Waals surface area contributed by atoms with Crippen LogP contribution in [0.25, 0.3) is 0 Å². The van der Waals surface area contributed by atoms with Gasteiger partial charge in [0.1, 0.15) is 4.90 Å². The summed E-state index contributed by atoms with van der Waals surface area (Å²) in [5.41, 5.74) is 0.0588. The molecule has 112 valence electrons. The minimum Gasteiger partial charge on any atom is -0.355 e. The maximum atomic E-state index is 12.2. The van der Waals surface area contributed by atoms with Gasteiger partial charge in [0.25, 0.3) is 5.91 Å². The second kappa shape index (κ2) is 6.76. The van der Waals surface area contributed by atoms with Crippen molar-refractivity contribution in [3.63, 3.8) is 0 Å². The van der Waals surface area contributed by atoms with E-state index >= 15 is 0 Å². The minimum atomic E-state index is -3.79. The van der Waals surface area contributed by atoms with E-state index in [9.17, 15) is 13.2 Å². The molecule has 0 unspecified atom stereocenters. The highest BCUT2D eigenvalue weighted by atomic mass is 35.5.